The number of ketones is 1. The first kappa shape index (κ1) is 10.3. The van der Waals surface area contributed by atoms with Crippen LogP contribution in [0, 0.1) is 23.2 Å². The summed E-state index contributed by atoms with van der Waals surface area (Å²) in [5.74, 6) is 2.17. The molecule has 0 bridgehead atoms. The number of allylic oxidation sites excluding steroid dienone is 1. The van der Waals surface area contributed by atoms with Gasteiger partial charge in [0.25, 0.3) is 0 Å². The van der Waals surface area contributed by atoms with Gasteiger partial charge in [-0.2, -0.15) is 0 Å². The summed E-state index contributed by atoms with van der Waals surface area (Å²) < 4.78 is 5.73. The minimum absolute atomic E-state index is 0.104. The van der Waals surface area contributed by atoms with Crippen LogP contribution in [0.3, 0.4) is 0 Å². The predicted octanol–water partition coefficient (Wildman–Crippen LogP) is 2.73. The van der Waals surface area contributed by atoms with Crippen LogP contribution >= 0.6 is 0 Å². The van der Waals surface area contributed by atoms with E-state index in [4.69, 9.17) is 4.74 Å². The summed E-state index contributed by atoms with van der Waals surface area (Å²) in [4.78, 5) is 12.3. The molecule has 92 valence electrons. The van der Waals surface area contributed by atoms with Crippen molar-refractivity contribution in [2.75, 3.05) is 0 Å². The summed E-state index contributed by atoms with van der Waals surface area (Å²) in [6, 6.07) is 0. The molecular formula is C15H20O2. The fourth-order valence-corrected chi connectivity index (χ4v) is 4.87. The Morgan fingerprint density at radius 2 is 2.00 bits per heavy atom. The molecule has 0 aromatic rings. The van der Waals surface area contributed by atoms with E-state index in [2.05, 4.69) is 27.7 Å². The quantitative estimate of drug-likeness (QED) is 0.601. The lowest BCUT2D eigenvalue weighted by molar-refractivity contribution is -0.117. The fraction of sp³-hybridized carbons (Fsp3) is 0.800. The van der Waals surface area contributed by atoms with Gasteiger partial charge in [-0.05, 0) is 43.9 Å². The van der Waals surface area contributed by atoms with Gasteiger partial charge in [0.15, 0.2) is 11.9 Å². The van der Waals surface area contributed by atoms with Crippen LogP contribution in [-0.2, 0) is 9.53 Å². The number of Topliss-reactive ketones (excluding diaryl/α,β-unsaturated/α-hetero) is 1. The number of hydrogen-bond donors (Lipinski definition) is 0. The summed E-state index contributed by atoms with van der Waals surface area (Å²) in [6.07, 6.45) is 2.27. The van der Waals surface area contributed by atoms with Crippen LogP contribution < -0.4 is 0 Å². The third-order valence-electron chi connectivity index (χ3n) is 6.06. The van der Waals surface area contributed by atoms with Crippen LogP contribution in [0.25, 0.3) is 0 Å². The number of carbonyl (C=O) groups excluding carboxylic acids is 1. The molecule has 0 radical (unpaired) electrons. The van der Waals surface area contributed by atoms with Crippen LogP contribution in [0.15, 0.2) is 11.1 Å². The van der Waals surface area contributed by atoms with Gasteiger partial charge in [0.1, 0.15) is 5.60 Å². The lowest BCUT2D eigenvalue weighted by atomic mass is 9.83. The van der Waals surface area contributed by atoms with Crippen molar-refractivity contribution in [1.29, 1.82) is 0 Å². The molecule has 0 amide bonds. The number of epoxide rings is 1. The molecule has 0 spiro atoms. The molecule has 3 aliphatic carbocycles. The van der Waals surface area contributed by atoms with E-state index in [1.807, 2.05) is 0 Å². The summed E-state index contributed by atoms with van der Waals surface area (Å²) >= 11 is 0. The van der Waals surface area contributed by atoms with Crippen molar-refractivity contribution in [2.45, 2.75) is 52.2 Å². The van der Waals surface area contributed by atoms with Crippen molar-refractivity contribution in [3.05, 3.63) is 11.1 Å². The average Bonchev–Trinajstić information content (AvgIpc) is 3.04. The monoisotopic (exact) mass is 232 g/mol. The van der Waals surface area contributed by atoms with Crippen molar-refractivity contribution in [3.63, 3.8) is 0 Å². The van der Waals surface area contributed by atoms with Crippen LogP contribution in [-0.4, -0.2) is 17.5 Å². The van der Waals surface area contributed by atoms with Gasteiger partial charge in [-0.3, -0.25) is 4.79 Å². The van der Waals surface area contributed by atoms with Crippen LogP contribution in [0.1, 0.15) is 40.5 Å². The van der Waals surface area contributed by atoms with Gasteiger partial charge in [-0.15, -0.1) is 0 Å². The minimum atomic E-state index is -0.144. The van der Waals surface area contributed by atoms with Gasteiger partial charge in [0, 0.05) is 11.5 Å². The van der Waals surface area contributed by atoms with Crippen molar-refractivity contribution in [3.8, 4) is 0 Å². The topological polar surface area (TPSA) is 29.6 Å². The molecule has 5 atom stereocenters. The average molecular weight is 232 g/mol. The first-order valence-electron chi connectivity index (χ1n) is 6.80. The molecule has 0 aromatic carbocycles. The van der Waals surface area contributed by atoms with Gasteiger partial charge in [0.2, 0.25) is 0 Å². The maximum absolute atomic E-state index is 12.3. The number of hydrogen-bond acceptors (Lipinski definition) is 2. The molecule has 2 saturated carbocycles. The zero-order chi connectivity index (χ0) is 12.2. The van der Waals surface area contributed by atoms with E-state index in [9.17, 15) is 4.79 Å². The number of carbonyl (C=O) groups is 1. The van der Waals surface area contributed by atoms with Gasteiger partial charge < -0.3 is 4.74 Å². The molecule has 3 fully saturated rings. The Morgan fingerprint density at radius 1 is 1.29 bits per heavy atom. The van der Waals surface area contributed by atoms with Crippen molar-refractivity contribution in [2.24, 2.45) is 23.2 Å². The normalized spacial score (nSPS) is 53.8. The second-order valence-corrected chi connectivity index (χ2v) is 7.21. The maximum atomic E-state index is 12.3. The highest BCUT2D eigenvalue weighted by Gasteiger charge is 2.77. The Kier molecular flexibility index (Phi) is 1.54. The Morgan fingerprint density at radius 3 is 2.71 bits per heavy atom. The van der Waals surface area contributed by atoms with E-state index >= 15 is 0 Å². The first-order chi connectivity index (χ1) is 7.89. The molecule has 2 nitrogen and oxygen atoms in total. The highest BCUT2D eigenvalue weighted by Crippen LogP contribution is 2.73. The molecule has 0 unspecified atom stereocenters. The van der Waals surface area contributed by atoms with Crippen LogP contribution in [0.5, 0.6) is 0 Å². The second-order valence-electron chi connectivity index (χ2n) is 7.21. The maximum Gasteiger partial charge on any atom is 0.190 e. The van der Waals surface area contributed by atoms with Gasteiger partial charge in [-0.1, -0.05) is 19.4 Å². The molecule has 2 heteroatoms. The molecular weight excluding hydrogens is 212 g/mol. The molecule has 1 heterocycles. The Labute approximate surface area is 102 Å². The zero-order valence-corrected chi connectivity index (χ0v) is 11.0. The fourth-order valence-electron chi connectivity index (χ4n) is 4.87. The van der Waals surface area contributed by atoms with Gasteiger partial charge in [-0.25, -0.2) is 0 Å². The molecule has 17 heavy (non-hydrogen) atoms. The second kappa shape index (κ2) is 2.54. The van der Waals surface area contributed by atoms with E-state index in [1.165, 1.54) is 12.0 Å². The van der Waals surface area contributed by atoms with E-state index in [0.29, 0.717) is 23.0 Å². The van der Waals surface area contributed by atoms with Crippen LogP contribution in [0.4, 0.5) is 0 Å². The van der Waals surface area contributed by atoms with Crippen molar-refractivity contribution in [1.82, 2.24) is 0 Å². The summed E-state index contributed by atoms with van der Waals surface area (Å²) in [5, 5.41) is 0. The number of ether oxygens (including phenoxy) is 1. The van der Waals surface area contributed by atoms with E-state index in [0.717, 1.165) is 17.9 Å². The molecule has 1 aliphatic heterocycles. The highest BCUT2D eigenvalue weighted by molar-refractivity contribution is 6.06. The third kappa shape index (κ3) is 0.965. The third-order valence-corrected chi connectivity index (χ3v) is 6.06. The van der Waals surface area contributed by atoms with E-state index in [1.54, 1.807) is 0 Å². The van der Waals surface area contributed by atoms with E-state index in [-0.39, 0.29) is 11.7 Å². The summed E-state index contributed by atoms with van der Waals surface area (Å²) in [6.45, 7) is 9.04. The molecule has 0 N–H and O–H groups in total. The Balaban J connectivity index is 1.87. The summed E-state index contributed by atoms with van der Waals surface area (Å²) in [7, 11) is 0. The molecule has 0 aromatic heterocycles. The van der Waals surface area contributed by atoms with E-state index < -0.39 is 0 Å². The van der Waals surface area contributed by atoms with Crippen molar-refractivity contribution >= 4 is 5.78 Å². The number of fused-ring (bicyclic) bond motifs is 5. The lowest BCUT2D eigenvalue weighted by Crippen LogP contribution is -2.23. The minimum Gasteiger partial charge on any atom is -0.357 e. The molecule has 4 rings (SSSR count). The zero-order valence-electron chi connectivity index (χ0n) is 11.0. The lowest BCUT2D eigenvalue weighted by Gasteiger charge is -2.21. The highest BCUT2D eigenvalue weighted by atomic mass is 16.6. The smallest absolute Gasteiger partial charge is 0.190 e. The SMILES string of the molecule is CC1=C2C(=O)[C@H]3O[C@@]3(C)[C@@H]2[C@@H]2[C@H](CC1)C2(C)C. The predicted molar refractivity (Wildman–Crippen MR) is 64.5 cm³/mol. The largest absolute Gasteiger partial charge is 0.357 e. The standard InChI is InChI=1S/C15H20O2/c1-7-5-6-8-10(14(8,2)3)11-9(7)12(16)13-15(11,4)17-13/h8,10-11,13H,5-6H2,1-4H3/t8-,10-,11-,13+,15-/m0/s1. The van der Waals surface area contributed by atoms with Crippen molar-refractivity contribution < 1.29 is 9.53 Å². The van der Waals surface area contributed by atoms with Crippen LogP contribution in [0.2, 0.25) is 0 Å². The Hall–Kier alpha value is -0.630. The Bertz CT molecular complexity index is 473. The molecule has 1 saturated heterocycles. The van der Waals surface area contributed by atoms with Gasteiger partial charge >= 0.3 is 0 Å². The van der Waals surface area contributed by atoms with Gasteiger partial charge in [0.05, 0.1) is 0 Å². The molecule has 4 aliphatic rings. The first-order valence-corrected chi connectivity index (χ1v) is 6.80. The summed E-state index contributed by atoms with van der Waals surface area (Å²) in [5.41, 5.74) is 2.77. The number of rotatable bonds is 0.